The van der Waals surface area contributed by atoms with Gasteiger partial charge < -0.3 is 5.32 Å². The fraction of sp³-hybridized carbons (Fsp3) is 0.333. The third-order valence-corrected chi connectivity index (χ3v) is 6.89. The highest BCUT2D eigenvalue weighted by atomic mass is 32.1. The number of hydrogen-bond donors (Lipinski definition) is 1. The number of anilines is 1. The number of alkyl halides is 1. The van der Waals surface area contributed by atoms with Crippen LogP contribution in [0.5, 0.6) is 0 Å². The molecule has 0 aromatic carbocycles. The summed E-state index contributed by atoms with van der Waals surface area (Å²) >= 11 is 2.73. The molecule has 0 bridgehead atoms. The number of halogens is 2. The lowest BCUT2D eigenvalue weighted by Crippen LogP contribution is -2.48. The Morgan fingerprint density at radius 1 is 1.37 bits per heavy atom. The van der Waals surface area contributed by atoms with E-state index in [1.807, 2.05) is 13.0 Å². The zero-order valence-corrected chi connectivity index (χ0v) is 16.0. The van der Waals surface area contributed by atoms with E-state index in [4.69, 9.17) is 5.26 Å². The molecule has 0 radical (unpaired) electrons. The number of nitrogens with one attached hydrogen (secondary N) is 1. The molecule has 1 N–H and O–H groups in total. The van der Waals surface area contributed by atoms with Gasteiger partial charge in [-0.1, -0.05) is 11.3 Å². The number of nitriles is 1. The Morgan fingerprint density at radius 3 is 2.85 bits per heavy atom. The highest BCUT2D eigenvalue weighted by molar-refractivity contribution is 7.23. The molecule has 5 nitrogen and oxygen atoms in total. The van der Waals surface area contributed by atoms with Crippen LogP contribution in [0.15, 0.2) is 24.4 Å². The molecule has 1 aliphatic carbocycles. The molecule has 9 heteroatoms. The molecular formula is C18H15F2N5S2. The summed E-state index contributed by atoms with van der Waals surface area (Å²) in [5.74, 6) is -0.414. The van der Waals surface area contributed by atoms with Crippen molar-refractivity contribution in [1.29, 1.82) is 5.26 Å². The van der Waals surface area contributed by atoms with Gasteiger partial charge in [0.05, 0.1) is 10.6 Å². The molecule has 1 saturated carbocycles. The molecule has 1 aliphatic rings. The summed E-state index contributed by atoms with van der Waals surface area (Å²) in [6.07, 6.45) is 1.04. The molecule has 3 aromatic heterocycles. The van der Waals surface area contributed by atoms with E-state index in [0.29, 0.717) is 22.2 Å². The van der Waals surface area contributed by atoms with E-state index < -0.39 is 17.4 Å². The van der Waals surface area contributed by atoms with Crippen LogP contribution in [0.1, 0.15) is 29.0 Å². The third-order valence-electron chi connectivity index (χ3n) is 4.71. The summed E-state index contributed by atoms with van der Waals surface area (Å²) in [5, 5.41) is 21.8. The molecule has 4 rings (SSSR count). The summed E-state index contributed by atoms with van der Waals surface area (Å²) in [6, 6.07) is 6.84. The van der Waals surface area contributed by atoms with E-state index in [2.05, 4.69) is 26.6 Å². The van der Waals surface area contributed by atoms with E-state index in [9.17, 15) is 8.78 Å². The van der Waals surface area contributed by atoms with Crippen molar-refractivity contribution in [3.63, 3.8) is 0 Å². The quantitative estimate of drug-likeness (QED) is 0.681. The van der Waals surface area contributed by atoms with Crippen molar-refractivity contribution in [2.75, 3.05) is 11.9 Å². The Labute approximate surface area is 162 Å². The zero-order valence-electron chi connectivity index (χ0n) is 14.4. The first-order chi connectivity index (χ1) is 13.0. The summed E-state index contributed by atoms with van der Waals surface area (Å²) in [6.45, 7) is 2.26. The predicted octanol–water partition coefficient (Wildman–Crippen LogP) is 4.46. The largest absolute Gasteiger partial charge is 0.359 e. The van der Waals surface area contributed by atoms with Crippen molar-refractivity contribution in [3.05, 3.63) is 46.3 Å². The normalized spacial score (nSPS) is 21.5. The predicted molar refractivity (Wildman–Crippen MR) is 101 cm³/mol. The van der Waals surface area contributed by atoms with Crippen molar-refractivity contribution < 1.29 is 8.78 Å². The molecule has 0 atom stereocenters. The average Bonchev–Trinajstić information content (AvgIpc) is 3.24. The second-order valence-electron chi connectivity index (χ2n) is 6.62. The minimum atomic E-state index is -0.948. The Kier molecular flexibility index (Phi) is 4.61. The van der Waals surface area contributed by atoms with E-state index in [-0.39, 0.29) is 12.8 Å². The molecule has 27 heavy (non-hydrogen) atoms. The first-order valence-electron chi connectivity index (χ1n) is 8.34. The Morgan fingerprint density at radius 2 is 2.19 bits per heavy atom. The fourth-order valence-corrected chi connectivity index (χ4v) is 5.21. The van der Waals surface area contributed by atoms with Gasteiger partial charge in [-0.3, -0.25) is 4.98 Å². The second kappa shape index (κ2) is 6.94. The maximum absolute atomic E-state index is 14.2. The summed E-state index contributed by atoms with van der Waals surface area (Å²) in [4.78, 5) is 5.69. The number of thiophene rings is 1. The van der Waals surface area contributed by atoms with Crippen LogP contribution >= 0.6 is 22.7 Å². The van der Waals surface area contributed by atoms with Gasteiger partial charge in [0.2, 0.25) is 5.13 Å². The van der Waals surface area contributed by atoms with Gasteiger partial charge in [-0.05, 0) is 43.5 Å². The first kappa shape index (κ1) is 17.9. The van der Waals surface area contributed by atoms with Crippen molar-refractivity contribution in [1.82, 2.24) is 15.2 Å². The van der Waals surface area contributed by atoms with Gasteiger partial charge in [0.1, 0.15) is 22.9 Å². The van der Waals surface area contributed by atoms with Crippen molar-refractivity contribution in [3.8, 4) is 16.0 Å². The van der Waals surface area contributed by atoms with Crippen LogP contribution in [0, 0.1) is 24.1 Å². The van der Waals surface area contributed by atoms with Crippen LogP contribution in [-0.2, 0) is 5.41 Å². The lowest BCUT2D eigenvalue weighted by atomic mass is 9.65. The molecule has 0 amide bonds. The fourth-order valence-electron chi connectivity index (χ4n) is 3.37. The number of aryl methyl sites for hydroxylation is 1. The van der Waals surface area contributed by atoms with Gasteiger partial charge in [-0.25, -0.2) is 8.78 Å². The molecular weight excluding hydrogens is 388 g/mol. The maximum atomic E-state index is 14.2. The average molecular weight is 403 g/mol. The topological polar surface area (TPSA) is 74.5 Å². The molecule has 0 spiro atoms. The van der Waals surface area contributed by atoms with Crippen LogP contribution in [0.2, 0.25) is 0 Å². The van der Waals surface area contributed by atoms with E-state index in [1.165, 1.54) is 41.0 Å². The highest BCUT2D eigenvalue weighted by Crippen LogP contribution is 2.46. The molecule has 0 aliphatic heterocycles. The number of pyridine rings is 1. The van der Waals surface area contributed by atoms with Crippen molar-refractivity contribution in [2.45, 2.75) is 31.4 Å². The van der Waals surface area contributed by atoms with E-state index >= 15 is 0 Å². The Bertz CT molecular complexity index is 1020. The van der Waals surface area contributed by atoms with Crippen molar-refractivity contribution in [2.24, 2.45) is 0 Å². The monoisotopic (exact) mass is 403 g/mol. The lowest BCUT2D eigenvalue weighted by Gasteiger charge is -2.43. The zero-order chi connectivity index (χ0) is 19.0. The number of rotatable bonds is 5. The summed E-state index contributed by atoms with van der Waals surface area (Å²) < 4.78 is 27.8. The second-order valence-corrected chi connectivity index (χ2v) is 8.65. The third kappa shape index (κ3) is 3.31. The summed E-state index contributed by atoms with van der Waals surface area (Å²) in [5.41, 5.74) is 0.595. The van der Waals surface area contributed by atoms with Crippen LogP contribution in [0.3, 0.4) is 0 Å². The van der Waals surface area contributed by atoms with Gasteiger partial charge in [0.25, 0.3) is 0 Å². The van der Waals surface area contributed by atoms with Crippen LogP contribution < -0.4 is 5.32 Å². The molecule has 1 fully saturated rings. The van der Waals surface area contributed by atoms with Gasteiger partial charge in [-0.2, -0.15) is 5.26 Å². The molecule has 0 saturated heterocycles. The molecule has 3 aromatic rings. The minimum absolute atomic E-state index is 0.231. The van der Waals surface area contributed by atoms with Crippen molar-refractivity contribution >= 4 is 27.8 Å². The first-order valence-corrected chi connectivity index (χ1v) is 9.97. The number of nitrogens with zero attached hydrogens (tertiary/aromatic N) is 4. The smallest absolute Gasteiger partial charge is 0.206 e. The summed E-state index contributed by atoms with van der Waals surface area (Å²) in [7, 11) is 0. The highest BCUT2D eigenvalue weighted by Gasteiger charge is 2.48. The van der Waals surface area contributed by atoms with Gasteiger partial charge in [0, 0.05) is 18.2 Å². The minimum Gasteiger partial charge on any atom is -0.359 e. The molecule has 138 valence electrons. The van der Waals surface area contributed by atoms with Crippen LogP contribution in [0.25, 0.3) is 9.88 Å². The lowest BCUT2D eigenvalue weighted by molar-refractivity contribution is 0.0965. The molecule has 3 heterocycles. The maximum Gasteiger partial charge on any atom is 0.206 e. The van der Waals surface area contributed by atoms with E-state index in [1.54, 1.807) is 0 Å². The van der Waals surface area contributed by atoms with Gasteiger partial charge in [0.15, 0.2) is 5.01 Å². The Hall–Kier alpha value is -2.44. The Balaban J connectivity index is 1.53. The number of hydrogen-bond acceptors (Lipinski definition) is 7. The van der Waals surface area contributed by atoms with E-state index in [0.717, 1.165) is 15.4 Å². The number of aromatic nitrogens is 3. The SMILES string of the molecule is Cc1cc(C#N)sc1-c1nnc(NC[C@]2(c3ncccc3F)C[C@H](F)C2)s1. The standard InChI is InChI=1S/C18H15F2N5S2/c1-10-5-12(8-21)26-14(10)16-24-25-17(27-16)23-9-18(6-11(19)7-18)15-13(20)3-2-4-22-15/h2-5,11H,6-7,9H2,1H3,(H,23,25)/t11-,18-. The van der Waals surface area contributed by atoms with Crippen LogP contribution in [-0.4, -0.2) is 27.9 Å². The van der Waals surface area contributed by atoms with Gasteiger partial charge >= 0.3 is 0 Å². The molecule has 0 unspecified atom stereocenters. The van der Waals surface area contributed by atoms with Crippen LogP contribution in [0.4, 0.5) is 13.9 Å². The van der Waals surface area contributed by atoms with Gasteiger partial charge in [-0.15, -0.1) is 21.5 Å².